The molecular formula is C18H20BrN3O. The molecule has 1 aromatic carbocycles. The summed E-state index contributed by atoms with van der Waals surface area (Å²) in [5.74, 6) is 0.834. The lowest BCUT2D eigenvalue weighted by molar-refractivity contribution is 0.0785. The summed E-state index contributed by atoms with van der Waals surface area (Å²) in [4.78, 5) is 21.3. The van der Waals surface area contributed by atoms with Gasteiger partial charge in [0.25, 0.3) is 5.91 Å². The second-order valence-corrected chi connectivity index (χ2v) is 6.77. The summed E-state index contributed by atoms with van der Waals surface area (Å²) in [6.45, 7) is 2.54. The lowest BCUT2D eigenvalue weighted by Crippen LogP contribution is -2.29. The Morgan fingerprint density at radius 1 is 1.22 bits per heavy atom. The molecule has 5 heteroatoms. The van der Waals surface area contributed by atoms with E-state index in [2.05, 4.69) is 25.8 Å². The maximum Gasteiger partial charge on any atom is 0.257 e. The van der Waals surface area contributed by atoms with Gasteiger partial charge in [-0.15, -0.1) is 0 Å². The van der Waals surface area contributed by atoms with Crippen LogP contribution >= 0.6 is 15.9 Å². The number of hydrogen-bond donors (Lipinski definition) is 0. The van der Waals surface area contributed by atoms with E-state index in [4.69, 9.17) is 0 Å². The lowest BCUT2D eigenvalue weighted by Gasteiger charge is -2.23. The van der Waals surface area contributed by atoms with Crippen LogP contribution in [-0.4, -0.2) is 35.9 Å². The second kappa shape index (κ2) is 7.13. The summed E-state index contributed by atoms with van der Waals surface area (Å²) in [6, 6.07) is 11.7. The van der Waals surface area contributed by atoms with Crippen molar-refractivity contribution in [2.24, 2.45) is 0 Å². The van der Waals surface area contributed by atoms with Gasteiger partial charge in [-0.1, -0.05) is 28.1 Å². The average molecular weight is 374 g/mol. The van der Waals surface area contributed by atoms with E-state index in [1.165, 1.54) is 12.8 Å². The minimum Gasteiger partial charge on any atom is -0.356 e. The molecule has 1 aromatic heterocycles. The fourth-order valence-electron chi connectivity index (χ4n) is 2.89. The van der Waals surface area contributed by atoms with Crippen LogP contribution < -0.4 is 4.90 Å². The number of pyridine rings is 1. The monoisotopic (exact) mass is 373 g/mol. The normalized spacial score (nSPS) is 14.1. The third kappa shape index (κ3) is 3.72. The van der Waals surface area contributed by atoms with Gasteiger partial charge in [-0.2, -0.15) is 0 Å². The van der Waals surface area contributed by atoms with Gasteiger partial charge in [0.1, 0.15) is 5.82 Å². The number of rotatable bonds is 4. The van der Waals surface area contributed by atoms with Gasteiger partial charge in [-0.05, 0) is 42.7 Å². The number of nitrogens with zero attached hydrogens (tertiary/aromatic N) is 3. The molecule has 0 unspecified atom stereocenters. The molecular weight excluding hydrogens is 354 g/mol. The molecule has 1 fully saturated rings. The Morgan fingerprint density at radius 3 is 2.61 bits per heavy atom. The highest BCUT2D eigenvalue weighted by molar-refractivity contribution is 9.10. The van der Waals surface area contributed by atoms with Crippen molar-refractivity contribution in [2.45, 2.75) is 19.4 Å². The molecule has 4 nitrogen and oxygen atoms in total. The third-order valence-electron chi connectivity index (χ3n) is 4.10. The second-order valence-electron chi connectivity index (χ2n) is 5.86. The van der Waals surface area contributed by atoms with Crippen LogP contribution in [0.5, 0.6) is 0 Å². The fraction of sp³-hybridized carbons (Fsp3) is 0.333. The highest BCUT2D eigenvalue weighted by atomic mass is 79.9. The molecule has 2 aromatic rings. The third-order valence-corrected chi connectivity index (χ3v) is 4.63. The summed E-state index contributed by atoms with van der Waals surface area (Å²) in [7, 11) is 1.84. The molecule has 1 saturated heterocycles. The first-order valence-electron chi connectivity index (χ1n) is 7.85. The number of amides is 1. The van der Waals surface area contributed by atoms with E-state index in [1.807, 2.05) is 43.4 Å². The van der Waals surface area contributed by atoms with Crippen LogP contribution in [0, 0.1) is 0 Å². The largest absolute Gasteiger partial charge is 0.356 e. The van der Waals surface area contributed by atoms with Gasteiger partial charge in [0.2, 0.25) is 0 Å². The fourth-order valence-corrected chi connectivity index (χ4v) is 3.15. The maximum atomic E-state index is 12.8. The highest BCUT2D eigenvalue weighted by Gasteiger charge is 2.22. The number of aromatic nitrogens is 1. The Labute approximate surface area is 145 Å². The zero-order valence-electron chi connectivity index (χ0n) is 13.2. The van der Waals surface area contributed by atoms with E-state index in [0.29, 0.717) is 12.1 Å². The van der Waals surface area contributed by atoms with Crippen molar-refractivity contribution in [3.05, 3.63) is 58.2 Å². The molecule has 1 aliphatic rings. The van der Waals surface area contributed by atoms with Gasteiger partial charge in [0.15, 0.2) is 0 Å². The van der Waals surface area contributed by atoms with Crippen molar-refractivity contribution in [1.82, 2.24) is 9.88 Å². The van der Waals surface area contributed by atoms with Gasteiger partial charge in [0.05, 0.1) is 5.56 Å². The van der Waals surface area contributed by atoms with Gasteiger partial charge in [0, 0.05) is 37.4 Å². The minimum absolute atomic E-state index is 0.0166. The van der Waals surface area contributed by atoms with Gasteiger partial charge >= 0.3 is 0 Å². The Kier molecular flexibility index (Phi) is 4.96. The Bertz CT molecular complexity index is 681. The summed E-state index contributed by atoms with van der Waals surface area (Å²) in [6.07, 6.45) is 4.09. The first-order valence-corrected chi connectivity index (χ1v) is 8.64. The van der Waals surface area contributed by atoms with Crippen LogP contribution in [0.2, 0.25) is 0 Å². The molecule has 0 radical (unpaired) electrons. The first-order chi connectivity index (χ1) is 11.1. The van der Waals surface area contributed by atoms with Crippen LogP contribution in [0.4, 0.5) is 5.82 Å². The van der Waals surface area contributed by atoms with Crippen LogP contribution in [0.15, 0.2) is 47.1 Å². The van der Waals surface area contributed by atoms with E-state index in [1.54, 1.807) is 11.1 Å². The molecule has 3 rings (SSSR count). The highest BCUT2D eigenvalue weighted by Crippen LogP contribution is 2.23. The number of hydrogen-bond acceptors (Lipinski definition) is 3. The SMILES string of the molecule is CN(Cc1ccc(Br)cc1)C(=O)c1cccnc1N1CCCC1. The molecule has 1 amide bonds. The average Bonchev–Trinajstić information content (AvgIpc) is 3.10. The Balaban J connectivity index is 1.78. The first kappa shape index (κ1) is 16.0. The zero-order chi connectivity index (χ0) is 16.2. The number of carbonyl (C=O) groups is 1. The lowest BCUT2D eigenvalue weighted by atomic mass is 10.2. The topological polar surface area (TPSA) is 36.4 Å². The minimum atomic E-state index is 0.0166. The van der Waals surface area contributed by atoms with Crippen molar-refractivity contribution in [1.29, 1.82) is 0 Å². The molecule has 0 bridgehead atoms. The van der Waals surface area contributed by atoms with Crippen molar-refractivity contribution in [3.63, 3.8) is 0 Å². The van der Waals surface area contributed by atoms with Crippen LogP contribution in [0.25, 0.3) is 0 Å². The van der Waals surface area contributed by atoms with Gasteiger partial charge in [-0.25, -0.2) is 4.98 Å². The quantitative estimate of drug-likeness (QED) is 0.819. The molecule has 0 N–H and O–H groups in total. The summed E-state index contributed by atoms with van der Waals surface area (Å²) >= 11 is 3.43. The van der Waals surface area contributed by atoms with E-state index in [-0.39, 0.29) is 5.91 Å². The van der Waals surface area contributed by atoms with E-state index in [9.17, 15) is 4.79 Å². The molecule has 0 saturated carbocycles. The predicted octanol–water partition coefficient (Wildman–Crippen LogP) is 3.72. The van der Waals surface area contributed by atoms with Crippen molar-refractivity contribution >= 4 is 27.7 Å². The Morgan fingerprint density at radius 2 is 1.91 bits per heavy atom. The van der Waals surface area contributed by atoms with Crippen LogP contribution in [-0.2, 0) is 6.54 Å². The smallest absolute Gasteiger partial charge is 0.257 e. The molecule has 0 spiro atoms. The molecule has 0 aliphatic carbocycles. The van der Waals surface area contributed by atoms with Crippen molar-refractivity contribution < 1.29 is 4.79 Å². The van der Waals surface area contributed by atoms with Gasteiger partial charge < -0.3 is 9.80 Å². The van der Waals surface area contributed by atoms with Crippen molar-refractivity contribution in [3.8, 4) is 0 Å². The number of halogens is 1. The van der Waals surface area contributed by atoms with Crippen LogP contribution in [0.3, 0.4) is 0 Å². The Hall–Kier alpha value is -1.88. The predicted molar refractivity (Wildman–Crippen MR) is 95.6 cm³/mol. The van der Waals surface area contributed by atoms with E-state index >= 15 is 0 Å². The molecule has 23 heavy (non-hydrogen) atoms. The zero-order valence-corrected chi connectivity index (χ0v) is 14.8. The molecule has 0 atom stereocenters. The van der Waals surface area contributed by atoms with E-state index < -0.39 is 0 Å². The molecule has 1 aliphatic heterocycles. The van der Waals surface area contributed by atoms with Crippen molar-refractivity contribution in [2.75, 3.05) is 25.0 Å². The van der Waals surface area contributed by atoms with Gasteiger partial charge in [-0.3, -0.25) is 4.79 Å². The summed E-state index contributed by atoms with van der Waals surface area (Å²) in [5.41, 5.74) is 1.80. The number of benzene rings is 1. The summed E-state index contributed by atoms with van der Waals surface area (Å²) in [5, 5.41) is 0. The maximum absolute atomic E-state index is 12.8. The number of carbonyl (C=O) groups excluding carboxylic acids is 1. The van der Waals surface area contributed by atoms with E-state index in [0.717, 1.165) is 28.9 Å². The summed E-state index contributed by atoms with van der Waals surface area (Å²) < 4.78 is 1.04. The number of anilines is 1. The van der Waals surface area contributed by atoms with Crippen LogP contribution in [0.1, 0.15) is 28.8 Å². The molecule has 120 valence electrons. The molecule has 2 heterocycles. The standard InChI is InChI=1S/C18H20BrN3O/c1-21(13-14-6-8-15(19)9-7-14)18(23)16-5-4-10-20-17(16)22-11-2-3-12-22/h4-10H,2-3,11-13H2,1H3.